The maximum absolute atomic E-state index is 12.3. The maximum Gasteiger partial charge on any atom is 0.387 e. The number of halogens is 2. The zero-order valence-corrected chi connectivity index (χ0v) is 13.8. The van der Waals surface area contributed by atoms with Gasteiger partial charge in [0.25, 0.3) is 0 Å². The van der Waals surface area contributed by atoms with Crippen molar-refractivity contribution >= 4 is 18.0 Å². The van der Waals surface area contributed by atoms with E-state index >= 15 is 0 Å². The fraction of sp³-hybridized carbons (Fsp3) is 0.375. The van der Waals surface area contributed by atoms with Crippen LogP contribution in [0.25, 0.3) is 6.08 Å². The summed E-state index contributed by atoms with van der Waals surface area (Å²) in [4.78, 5) is 23.4. The zero-order valence-electron chi connectivity index (χ0n) is 13.8. The minimum absolute atomic E-state index is 0.104. The molecule has 1 amide bonds. The topological polar surface area (TPSA) is 73.9 Å². The predicted molar refractivity (Wildman–Crippen MR) is 82.9 cm³/mol. The summed E-state index contributed by atoms with van der Waals surface area (Å²) in [6.45, 7) is 0.0420. The van der Waals surface area contributed by atoms with Crippen molar-refractivity contribution in [3.63, 3.8) is 0 Å². The molecule has 0 saturated carbocycles. The van der Waals surface area contributed by atoms with Crippen molar-refractivity contribution in [2.75, 3.05) is 14.2 Å². The maximum atomic E-state index is 12.3. The molecule has 0 aromatic heterocycles. The van der Waals surface area contributed by atoms with E-state index in [-0.39, 0.29) is 11.5 Å². The first-order chi connectivity index (χ1) is 11.2. The smallest absolute Gasteiger partial charge is 0.387 e. The van der Waals surface area contributed by atoms with Crippen molar-refractivity contribution < 1.29 is 32.6 Å². The molecule has 0 saturated heterocycles. The van der Waals surface area contributed by atoms with Crippen molar-refractivity contribution in [1.82, 2.24) is 5.32 Å². The summed E-state index contributed by atoms with van der Waals surface area (Å²) in [5, 5.41) is 2.49. The number of nitrogens with one attached hydrogen (secondary N) is 1. The second-order valence-corrected chi connectivity index (χ2v) is 5.23. The summed E-state index contributed by atoms with van der Waals surface area (Å²) in [6.07, 6.45) is 2.64. The van der Waals surface area contributed by atoms with Crippen molar-refractivity contribution in [1.29, 1.82) is 0 Å². The monoisotopic (exact) mass is 343 g/mol. The summed E-state index contributed by atoms with van der Waals surface area (Å²) >= 11 is 0. The van der Waals surface area contributed by atoms with Gasteiger partial charge in [-0.2, -0.15) is 8.78 Å². The number of methoxy groups -OCH3 is 2. The number of hydrogen-bond acceptors (Lipinski definition) is 5. The molecule has 132 valence electrons. The van der Waals surface area contributed by atoms with Gasteiger partial charge in [0.15, 0.2) is 11.5 Å². The Labute approximate surface area is 138 Å². The molecule has 1 aromatic rings. The highest BCUT2D eigenvalue weighted by Crippen LogP contribution is 2.29. The predicted octanol–water partition coefficient (Wildman–Crippen LogP) is 2.38. The average molecular weight is 343 g/mol. The molecular weight excluding hydrogens is 324 g/mol. The zero-order chi connectivity index (χ0) is 18.3. The number of esters is 1. The summed E-state index contributed by atoms with van der Waals surface area (Å²) < 4.78 is 38.4. The summed E-state index contributed by atoms with van der Waals surface area (Å²) in [7, 11) is 2.54. The van der Waals surface area contributed by atoms with Crippen LogP contribution in [0.5, 0.6) is 11.5 Å². The fourth-order valence-corrected chi connectivity index (χ4v) is 1.81. The number of amides is 1. The third kappa shape index (κ3) is 5.53. The SMILES string of the molecule is COC(=O)C(C)(C)NC(=O)/C=C/c1ccc(OC(F)F)c(OC)c1. The van der Waals surface area contributed by atoms with Gasteiger partial charge in [-0.05, 0) is 37.6 Å². The van der Waals surface area contributed by atoms with Gasteiger partial charge in [-0.25, -0.2) is 4.79 Å². The first-order valence-corrected chi connectivity index (χ1v) is 6.91. The molecule has 0 aliphatic carbocycles. The molecule has 6 nitrogen and oxygen atoms in total. The molecular formula is C16H19F2NO5. The molecule has 24 heavy (non-hydrogen) atoms. The van der Waals surface area contributed by atoms with Crippen LogP contribution in [0.2, 0.25) is 0 Å². The van der Waals surface area contributed by atoms with Crippen LogP contribution < -0.4 is 14.8 Å². The molecule has 0 unspecified atom stereocenters. The van der Waals surface area contributed by atoms with E-state index < -0.39 is 24.0 Å². The Kier molecular flexibility index (Phi) is 6.69. The number of alkyl halides is 2. The quantitative estimate of drug-likeness (QED) is 0.608. The molecule has 0 fully saturated rings. The Morgan fingerprint density at radius 1 is 1.21 bits per heavy atom. The lowest BCUT2D eigenvalue weighted by Crippen LogP contribution is -2.49. The molecule has 0 atom stereocenters. The Hall–Kier alpha value is -2.64. The minimum Gasteiger partial charge on any atom is -0.493 e. The van der Waals surface area contributed by atoms with Crippen LogP contribution >= 0.6 is 0 Å². The van der Waals surface area contributed by atoms with Gasteiger partial charge in [-0.15, -0.1) is 0 Å². The van der Waals surface area contributed by atoms with Crippen molar-refractivity contribution in [2.24, 2.45) is 0 Å². The summed E-state index contributed by atoms with van der Waals surface area (Å²) in [6, 6.07) is 4.23. The van der Waals surface area contributed by atoms with E-state index in [4.69, 9.17) is 4.74 Å². The van der Waals surface area contributed by atoms with Crippen LogP contribution in [0, 0.1) is 0 Å². The van der Waals surface area contributed by atoms with Crippen LogP contribution in [0.1, 0.15) is 19.4 Å². The van der Waals surface area contributed by atoms with E-state index in [1.807, 2.05) is 0 Å². The number of hydrogen-bond donors (Lipinski definition) is 1. The number of rotatable bonds is 7. The van der Waals surface area contributed by atoms with Gasteiger partial charge >= 0.3 is 12.6 Å². The van der Waals surface area contributed by atoms with Crippen LogP contribution in [-0.2, 0) is 14.3 Å². The summed E-state index contributed by atoms with van der Waals surface area (Å²) in [5.74, 6) is -1.11. The summed E-state index contributed by atoms with van der Waals surface area (Å²) in [5.41, 5.74) is -0.650. The fourth-order valence-electron chi connectivity index (χ4n) is 1.81. The molecule has 0 radical (unpaired) electrons. The van der Waals surface area contributed by atoms with E-state index in [0.717, 1.165) is 0 Å². The first-order valence-electron chi connectivity index (χ1n) is 6.91. The van der Waals surface area contributed by atoms with Gasteiger partial charge in [0, 0.05) is 6.08 Å². The molecule has 0 heterocycles. The van der Waals surface area contributed by atoms with E-state index in [0.29, 0.717) is 5.56 Å². The Morgan fingerprint density at radius 2 is 1.88 bits per heavy atom. The largest absolute Gasteiger partial charge is 0.493 e. The highest BCUT2D eigenvalue weighted by atomic mass is 19.3. The lowest BCUT2D eigenvalue weighted by Gasteiger charge is -2.22. The molecule has 0 bridgehead atoms. The normalized spacial score (nSPS) is 11.5. The van der Waals surface area contributed by atoms with E-state index in [1.165, 1.54) is 58.4 Å². The van der Waals surface area contributed by atoms with Crippen molar-refractivity contribution in [3.05, 3.63) is 29.8 Å². The van der Waals surface area contributed by atoms with Crippen LogP contribution in [0.15, 0.2) is 24.3 Å². The Bertz CT molecular complexity index is 629. The van der Waals surface area contributed by atoms with Gasteiger partial charge in [-0.1, -0.05) is 6.07 Å². The van der Waals surface area contributed by atoms with Crippen molar-refractivity contribution in [3.8, 4) is 11.5 Å². The van der Waals surface area contributed by atoms with Gasteiger partial charge in [0.1, 0.15) is 5.54 Å². The molecule has 0 spiro atoms. The minimum atomic E-state index is -2.97. The highest BCUT2D eigenvalue weighted by Gasteiger charge is 2.29. The second-order valence-electron chi connectivity index (χ2n) is 5.23. The van der Waals surface area contributed by atoms with E-state index in [2.05, 4.69) is 14.8 Å². The molecule has 1 aromatic carbocycles. The molecule has 1 rings (SSSR count). The second kappa shape index (κ2) is 8.28. The first kappa shape index (κ1) is 19.4. The van der Waals surface area contributed by atoms with Gasteiger partial charge in [-0.3, -0.25) is 4.79 Å². The highest BCUT2D eigenvalue weighted by molar-refractivity contribution is 5.95. The Morgan fingerprint density at radius 3 is 2.42 bits per heavy atom. The van der Waals surface area contributed by atoms with Crippen LogP contribution in [-0.4, -0.2) is 38.2 Å². The van der Waals surface area contributed by atoms with Crippen LogP contribution in [0.3, 0.4) is 0 Å². The number of benzene rings is 1. The third-order valence-electron chi connectivity index (χ3n) is 2.96. The van der Waals surface area contributed by atoms with E-state index in [9.17, 15) is 18.4 Å². The van der Waals surface area contributed by atoms with Gasteiger partial charge in [0.2, 0.25) is 5.91 Å². The van der Waals surface area contributed by atoms with Gasteiger partial charge in [0.05, 0.1) is 14.2 Å². The molecule has 8 heteroatoms. The standard InChI is InChI=1S/C16H19F2NO5/c1-16(2,14(21)23-4)19-13(20)8-6-10-5-7-11(24-15(17)18)12(9-10)22-3/h5-9,15H,1-4H3,(H,19,20)/b8-6+. The lowest BCUT2D eigenvalue weighted by atomic mass is 10.1. The lowest BCUT2D eigenvalue weighted by molar-refractivity contribution is -0.148. The molecule has 0 aliphatic rings. The van der Waals surface area contributed by atoms with Crippen molar-refractivity contribution in [2.45, 2.75) is 26.0 Å². The van der Waals surface area contributed by atoms with Gasteiger partial charge < -0.3 is 19.5 Å². The Balaban J connectivity index is 2.83. The molecule has 1 N–H and O–H groups in total. The number of ether oxygens (including phenoxy) is 3. The molecule has 0 aliphatic heterocycles. The third-order valence-corrected chi connectivity index (χ3v) is 2.96. The number of carbonyl (C=O) groups excluding carboxylic acids is 2. The average Bonchev–Trinajstić information content (AvgIpc) is 2.52. The van der Waals surface area contributed by atoms with Crippen LogP contribution in [0.4, 0.5) is 8.78 Å². The number of carbonyl (C=O) groups is 2. The van der Waals surface area contributed by atoms with E-state index in [1.54, 1.807) is 0 Å².